The number of methoxy groups -OCH3 is 1. The molecule has 0 aliphatic carbocycles. The third-order valence-corrected chi connectivity index (χ3v) is 6.19. The van der Waals surface area contributed by atoms with Gasteiger partial charge in [0.1, 0.15) is 5.75 Å². The number of benzene rings is 3. The van der Waals surface area contributed by atoms with Crippen molar-refractivity contribution in [3.63, 3.8) is 0 Å². The van der Waals surface area contributed by atoms with Gasteiger partial charge in [0.2, 0.25) is 0 Å². The molecular weight excluding hydrogens is 472 g/mol. The first kappa shape index (κ1) is 23.5. The average molecular weight is 493 g/mol. The molecule has 0 saturated heterocycles. The van der Waals surface area contributed by atoms with E-state index in [2.05, 4.69) is 15.5 Å². The second-order valence-electron chi connectivity index (χ2n) is 7.28. The van der Waals surface area contributed by atoms with E-state index in [4.69, 9.17) is 16.3 Å². The zero-order chi connectivity index (χ0) is 24.1. The molecule has 0 bridgehead atoms. The van der Waals surface area contributed by atoms with Gasteiger partial charge in [-0.05, 0) is 55.5 Å². The number of hydrogen-bond donors (Lipinski definition) is 1. The van der Waals surface area contributed by atoms with Crippen molar-refractivity contribution < 1.29 is 9.53 Å². The molecule has 34 heavy (non-hydrogen) atoms. The van der Waals surface area contributed by atoms with Gasteiger partial charge >= 0.3 is 0 Å². The third-order valence-electron chi connectivity index (χ3n) is 5.00. The van der Waals surface area contributed by atoms with Gasteiger partial charge in [0, 0.05) is 10.6 Å². The highest BCUT2D eigenvalue weighted by atomic mass is 35.5. The van der Waals surface area contributed by atoms with Crippen LogP contribution in [0.2, 0.25) is 5.02 Å². The number of para-hydroxylation sites is 1. The van der Waals surface area contributed by atoms with E-state index in [0.717, 1.165) is 17.3 Å². The molecule has 7 nitrogen and oxygen atoms in total. The van der Waals surface area contributed by atoms with E-state index < -0.39 is 0 Å². The Balaban J connectivity index is 1.56. The van der Waals surface area contributed by atoms with Crippen LogP contribution in [0.5, 0.6) is 5.75 Å². The summed E-state index contributed by atoms with van der Waals surface area (Å²) in [5, 5.41) is 5.63. The summed E-state index contributed by atoms with van der Waals surface area (Å²) >= 11 is 7.17. The van der Waals surface area contributed by atoms with Gasteiger partial charge in [0.05, 0.1) is 35.2 Å². The fourth-order valence-electron chi connectivity index (χ4n) is 3.25. The number of hydrazone groups is 1. The van der Waals surface area contributed by atoms with Gasteiger partial charge in [-0.3, -0.25) is 14.2 Å². The number of carbonyl (C=O) groups is 1. The SMILES string of the molecule is COc1cccc(C(C)=NNC(=O)CSc2nc3ccccc3c(=O)n2-c2ccc(Cl)cc2)c1. The minimum atomic E-state index is -0.322. The topological polar surface area (TPSA) is 85.6 Å². The molecule has 0 aliphatic rings. The molecule has 4 rings (SSSR count). The van der Waals surface area contributed by atoms with Gasteiger partial charge in [-0.2, -0.15) is 5.10 Å². The van der Waals surface area contributed by atoms with Crippen LogP contribution in [0.15, 0.2) is 87.8 Å². The Labute approximate surface area is 205 Å². The van der Waals surface area contributed by atoms with Crippen LogP contribution in [-0.2, 0) is 4.79 Å². The van der Waals surface area contributed by atoms with Crippen LogP contribution in [0, 0.1) is 0 Å². The second kappa shape index (κ2) is 10.5. The number of fused-ring (bicyclic) bond motifs is 1. The number of rotatable bonds is 7. The molecule has 172 valence electrons. The Morgan fingerprint density at radius 3 is 2.65 bits per heavy atom. The lowest BCUT2D eigenvalue weighted by Crippen LogP contribution is -2.24. The van der Waals surface area contributed by atoms with Crippen LogP contribution >= 0.6 is 23.4 Å². The predicted molar refractivity (Wildman–Crippen MR) is 136 cm³/mol. The van der Waals surface area contributed by atoms with E-state index in [9.17, 15) is 9.59 Å². The second-order valence-corrected chi connectivity index (χ2v) is 8.66. The van der Waals surface area contributed by atoms with Crippen molar-refractivity contribution in [3.8, 4) is 11.4 Å². The summed E-state index contributed by atoms with van der Waals surface area (Å²) in [6.45, 7) is 1.80. The normalized spacial score (nSPS) is 11.4. The van der Waals surface area contributed by atoms with E-state index in [0.29, 0.717) is 38.2 Å². The zero-order valence-electron chi connectivity index (χ0n) is 18.5. The minimum Gasteiger partial charge on any atom is -0.497 e. The number of halogens is 1. The molecule has 1 heterocycles. The molecule has 4 aromatic rings. The van der Waals surface area contributed by atoms with Crippen molar-refractivity contribution in [3.05, 3.63) is 93.7 Å². The van der Waals surface area contributed by atoms with E-state index in [1.54, 1.807) is 56.5 Å². The smallest absolute Gasteiger partial charge is 0.266 e. The van der Waals surface area contributed by atoms with Crippen molar-refractivity contribution in [2.45, 2.75) is 12.1 Å². The largest absolute Gasteiger partial charge is 0.497 e. The van der Waals surface area contributed by atoms with Crippen molar-refractivity contribution >= 4 is 45.9 Å². The van der Waals surface area contributed by atoms with Crippen molar-refractivity contribution in [2.75, 3.05) is 12.9 Å². The van der Waals surface area contributed by atoms with Crippen molar-refractivity contribution in [1.29, 1.82) is 0 Å². The molecule has 1 N–H and O–H groups in total. The number of ether oxygens (including phenoxy) is 1. The number of thioether (sulfide) groups is 1. The number of nitrogens with zero attached hydrogens (tertiary/aromatic N) is 3. The van der Waals surface area contributed by atoms with Gasteiger partial charge in [-0.25, -0.2) is 10.4 Å². The van der Waals surface area contributed by atoms with Crippen molar-refractivity contribution in [1.82, 2.24) is 15.0 Å². The molecular formula is C25H21ClN4O3S. The van der Waals surface area contributed by atoms with Gasteiger partial charge < -0.3 is 4.74 Å². The first-order valence-electron chi connectivity index (χ1n) is 10.3. The van der Waals surface area contributed by atoms with Crippen LogP contribution in [0.4, 0.5) is 0 Å². The summed E-state index contributed by atoms with van der Waals surface area (Å²) in [6, 6.07) is 21.4. The fraction of sp³-hybridized carbons (Fsp3) is 0.120. The molecule has 0 radical (unpaired) electrons. The third kappa shape index (κ3) is 5.30. The highest BCUT2D eigenvalue weighted by Gasteiger charge is 2.15. The van der Waals surface area contributed by atoms with Crippen LogP contribution in [0.25, 0.3) is 16.6 Å². The summed E-state index contributed by atoms with van der Waals surface area (Å²) in [5.74, 6) is 0.404. The van der Waals surface area contributed by atoms with E-state index in [-0.39, 0.29) is 17.2 Å². The monoisotopic (exact) mass is 492 g/mol. The Bertz CT molecular complexity index is 1430. The highest BCUT2D eigenvalue weighted by molar-refractivity contribution is 7.99. The molecule has 1 amide bonds. The maximum absolute atomic E-state index is 13.2. The standard InChI is InChI=1S/C25H21ClN4O3S/c1-16(17-6-5-7-20(14-17)33-2)28-29-23(31)15-34-25-27-22-9-4-3-8-21(22)24(32)30(25)19-12-10-18(26)11-13-19/h3-14H,15H2,1-2H3,(H,29,31). The molecule has 3 aromatic carbocycles. The van der Waals surface area contributed by atoms with Gasteiger partial charge in [0.15, 0.2) is 5.16 Å². The number of hydrogen-bond acceptors (Lipinski definition) is 6. The average Bonchev–Trinajstić information content (AvgIpc) is 2.87. The fourth-order valence-corrected chi connectivity index (χ4v) is 4.18. The number of amides is 1. The first-order valence-corrected chi connectivity index (χ1v) is 11.7. The minimum absolute atomic E-state index is 0.0211. The Hall–Kier alpha value is -3.62. The summed E-state index contributed by atoms with van der Waals surface area (Å²) in [4.78, 5) is 30.4. The summed E-state index contributed by atoms with van der Waals surface area (Å²) in [6.07, 6.45) is 0. The predicted octanol–water partition coefficient (Wildman–Crippen LogP) is 4.68. The van der Waals surface area contributed by atoms with Gasteiger partial charge in [-0.15, -0.1) is 0 Å². The number of carbonyl (C=O) groups excluding carboxylic acids is 1. The number of nitrogens with one attached hydrogen (secondary N) is 1. The van der Waals surface area contributed by atoms with Crippen molar-refractivity contribution in [2.24, 2.45) is 5.10 Å². The summed E-state index contributed by atoms with van der Waals surface area (Å²) < 4.78 is 6.71. The zero-order valence-corrected chi connectivity index (χ0v) is 20.1. The van der Waals surface area contributed by atoms with Crippen LogP contribution in [0.1, 0.15) is 12.5 Å². The van der Waals surface area contributed by atoms with Gasteiger partial charge in [0.25, 0.3) is 11.5 Å². The molecule has 9 heteroatoms. The van der Waals surface area contributed by atoms with E-state index in [1.807, 2.05) is 30.3 Å². The summed E-state index contributed by atoms with van der Waals surface area (Å²) in [7, 11) is 1.59. The lowest BCUT2D eigenvalue weighted by molar-refractivity contribution is -0.118. The van der Waals surface area contributed by atoms with Crippen LogP contribution in [-0.4, -0.2) is 34.0 Å². The Kier molecular flexibility index (Phi) is 7.30. The van der Waals surface area contributed by atoms with Gasteiger partial charge in [-0.1, -0.05) is 47.6 Å². The molecule has 0 spiro atoms. The van der Waals surface area contributed by atoms with Crippen LogP contribution in [0.3, 0.4) is 0 Å². The summed E-state index contributed by atoms with van der Waals surface area (Å²) in [5.41, 5.74) is 4.99. The first-order chi connectivity index (χ1) is 16.5. The maximum Gasteiger partial charge on any atom is 0.266 e. The Morgan fingerprint density at radius 1 is 1.12 bits per heavy atom. The molecule has 0 atom stereocenters. The quantitative estimate of drug-likeness (QED) is 0.175. The maximum atomic E-state index is 13.2. The van der Waals surface area contributed by atoms with Crippen LogP contribution < -0.4 is 15.7 Å². The highest BCUT2D eigenvalue weighted by Crippen LogP contribution is 2.22. The van der Waals surface area contributed by atoms with E-state index in [1.165, 1.54) is 4.57 Å². The van der Waals surface area contributed by atoms with E-state index >= 15 is 0 Å². The Morgan fingerprint density at radius 2 is 1.88 bits per heavy atom. The molecule has 1 aromatic heterocycles. The lowest BCUT2D eigenvalue weighted by Gasteiger charge is -2.13. The molecule has 0 saturated carbocycles. The molecule has 0 unspecified atom stereocenters. The molecule has 0 aliphatic heterocycles. The lowest BCUT2D eigenvalue weighted by atomic mass is 10.1. The number of aromatic nitrogens is 2. The molecule has 0 fully saturated rings.